The van der Waals surface area contributed by atoms with Gasteiger partial charge in [0.05, 0.1) is 10.0 Å². The summed E-state index contributed by atoms with van der Waals surface area (Å²) < 4.78 is 27.5. The van der Waals surface area contributed by atoms with Crippen LogP contribution in [0.3, 0.4) is 0 Å². The summed E-state index contributed by atoms with van der Waals surface area (Å²) in [5.74, 6) is 0. The Morgan fingerprint density at radius 1 is 1.10 bits per heavy atom. The van der Waals surface area contributed by atoms with Crippen LogP contribution in [0.2, 0.25) is 10.0 Å². The Labute approximate surface area is 151 Å². The van der Waals surface area contributed by atoms with E-state index >= 15 is 0 Å². The smallest absolute Gasteiger partial charge is 0.246 e. The van der Waals surface area contributed by atoms with Crippen molar-refractivity contribution < 1.29 is 8.42 Å². The van der Waals surface area contributed by atoms with Crippen molar-refractivity contribution in [3.63, 3.8) is 0 Å². The average molecular weight is 481 g/mol. The summed E-state index contributed by atoms with van der Waals surface area (Å²) in [6.45, 7) is 3.21. The van der Waals surface area contributed by atoms with E-state index < -0.39 is 10.0 Å². The number of halogens is 4. The monoisotopic (exact) mass is 478 g/mol. The quantitative estimate of drug-likeness (QED) is 0.620. The van der Waals surface area contributed by atoms with E-state index in [-0.39, 0.29) is 14.9 Å². The molecule has 0 unspecified atom stereocenters. The van der Waals surface area contributed by atoms with Crippen LogP contribution in [0.15, 0.2) is 21.5 Å². The zero-order valence-electron chi connectivity index (χ0n) is 11.0. The van der Waals surface area contributed by atoms with Gasteiger partial charge in [0.1, 0.15) is 4.90 Å². The lowest BCUT2D eigenvalue weighted by Crippen LogP contribution is -2.49. The lowest BCUT2D eigenvalue weighted by atomic mass is 10.4. The highest BCUT2D eigenvalue weighted by molar-refractivity contribution is 9.10. The fourth-order valence-electron chi connectivity index (χ4n) is 2.22. The Balaban J connectivity index is 2.24. The molecule has 118 valence electrons. The molecular weight excluding hydrogens is 467 g/mol. The van der Waals surface area contributed by atoms with E-state index in [0.29, 0.717) is 30.7 Å². The average Bonchev–Trinajstić information content (AvgIpc) is 2.38. The van der Waals surface area contributed by atoms with Crippen molar-refractivity contribution in [1.82, 2.24) is 9.21 Å². The van der Waals surface area contributed by atoms with Crippen molar-refractivity contribution in [2.75, 3.05) is 38.1 Å². The second-order valence-corrected chi connectivity index (χ2v) is 9.03. The minimum Gasteiger partial charge on any atom is -0.300 e. The van der Waals surface area contributed by atoms with Gasteiger partial charge in [-0.05, 0) is 12.1 Å². The predicted molar refractivity (Wildman–Crippen MR) is 93.2 cm³/mol. The van der Waals surface area contributed by atoms with Crippen LogP contribution in [0.5, 0.6) is 0 Å². The molecule has 0 N–H and O–H groups in total. The number of nitrogens with zero attached hydrogens (tertiary/aromatic N) is 2. The molecule has 4 nitrogen and oxygen atoms in total. The first kappa shape index (κ1) is 18.0. The van der Waals surface area contributed by atoms with E-state index in [1.54, 1.807) is 12.1 Å². The molecule has 1 aliphatic rings. The number of benzene rings is 1. The molecule has 0 saturated carbocycles. The molecule has 1 aliphatic heterocycles. The van der Waals surface area contributed by atoms with Crippen LogP contribution in [-0.4, -0.2) is 55.7 Å². The van der Waals surface area contributed by atoms with Crippen molar-refractivity contribution in [2.24, 2.45) is 0 Å². The second-order valence-electron chi connectivity index (χ2n) is 4.63. The van der Waals surface area contributed by atoms with Gasteiger partial charge < -0.3 is 0 Å². The molecule has 0 radical (unpaired) electrons. The van der Waals surface area contributed by atoms with Crippen LogP contribution in [0.4, 0.5) is 0 Å². The number of hydrogen-bond donors (Lipinski definition) is 0. The van der Waals surface area contributed by atoms with Crippen molar-refractivity contribution in [3.8, 4) is 0 Å². The lowest BCUT2D eigenvalue weighted by Gasteiger charge is -2.33. The molecular formula is C12H14Br2Cl2N2O2S. The molecule has 0 aromatic heterocycles. The normalized spacial score (nSPS) is 18.1. The zero-order chi connectivity index (χ0) is 15.6. The maximum atomic E-state index is 12.7. The Morgan fingerprint density at radius 3 is 2.10 bits per heavy atom. The molecule has 0 bridgehead atoms. The molecule has 0 spiro atoms. The van der Waals surface area contributed by atoms with E-state index in [1.807, 2.05) is 0 Å². The maximum Gasteiger partial charge on any atom is 0.246 e. The Bertz CT molecular complexity index is 597. The van der Waals surface area contributed by atoms with Gasteiger partial charge in [-0.1, -0.05) is 55.1 Å². The summed E-state index contributed by atoms with van der Waals surface area (Å²) >= 11 is 18.8. The Hall–Kier alpha value is 0.630. The first-order valence-corrected chi connectivity index (χ1v) is 10.4. The number of sulfonamides is 1. The molecule has 1 fully saturated rings. The molecule has 9 heteroatoms. The summed E-state index contributed by atoms with van der Waals surface area (Å²) in [5, 5.41) is 1.15. The van der Waals surface area contributed by atoms with Gasteiger partial charge in [-0.25, -0.2) is 8.42 Å². The third kappa shape index (κ3) is 4.13. The van der Waals surface area contributed by atoms with Crippen LogP contribution < -0.4 is 0 Å². The third-order valence-corrected chi connectivity index (χ3v) is 6.93. The number of alkyl halides is 1. The van der Waals surface area contributed by atoms with Gasteiger partial charge in [0.15, 0.2) is 0 Å². The molecule has 0 atom stereocenters. The van der Waals surface area contributed by atoms with Crippen LogP contribution in [0.1, 0.15) is 0 Å². The van der Waals surface area contributed by atoms with E-state index in [1.165, 1.54) is 4.31 Å². The number of hydrogen-bond acceptors (Lipinski definition) is 3. The van der Waals surface area contributed by atoms with Crippen molar-refractivity contribution >= 4 is 65.1 Å². The highest BCUT2D eigenvalue weighted by Gasteiger charge is 2.31. The SMILES string of the molecule is O=S(=O)(c1c(Cl)cc(Br)cc1Cl)N1CCN(CCBr)CC1. The van der Waals surface area contributed by atoms with Crippen LogP contribution in [-0.2, 0) is 10.0 Å². The first-order valence-electron chi connectivity index (χ1n) is 6.29. The number of piperazine rings is 1. The lowest BCUT2D eigenvalue weighted by molar-refractivity contribution is 0.198. The summed E-state index contributed by atoms with van der Waals surface area (Å²) in [7, 11) is -3.67. The van der Waals surface area contributed by atoms with Crippen LogP contribution >= 0.6 is 55.1 Å². The Morgan fingerprint density at radius 2 is 1.62 bits per heavy atom. The van der Waals surface area contributed by atoms with Gasteiger partial charge in [0.2, 0.25) is 10.0 Å². The van der Waals surface area contributed by atoms with E-state index in [9.17, 15) is 8.42 Å². The molecule has 21 heavy (non-hydrogen) atoms. The van der Waals surface area contributed by atoms with Gasteiger partial charge in [-0.3, -0.25) is 4.90 Å². The fraction of sp³-hybridized carbons (Fsp3) is 0.500. The highest BCUT2D eigenvalue weighted by atomic mass is 79.9. The summed E-state index contributed by atoms with van der Waals surface area (Å²) in [6.07, 6.45) is 0. The summed E-state index contributed by atoms with van der Waals surface area (Å²) in [5.41, 5.74) is 0. The molecule has 2 rings (SSSR count). The number of rotatable bonds is 4. The van der Waals surface area contributed by atoms with E-state index in [4.69, 9.17) is 23.2 Å². The highest BCUT2D eigenvalue weighted by Crippen LogP contribution is 2.34. The summed E-state index contributed by atoms with van der Waals surface area (Å²) in [4.78, 5) is 2.20. The van der Waals surface area contributed by atoms with Gasteiger partial charge in [-0.2, -0.15) is 4.31 Å². The zero-order valence-corrected chi connectivity index (χ0v) is 16.5. The van der Waals surface area contributed by atoms with Gasteiger partial charge >= 0.3 is 0 Å². The molecule has 1 aromatic rings. The molecule has 1 saturated heterocycles. The predicted octanol–water partition coefficient (Wildman–Crippen LogP) is 3.46. The minimum absolute atomic E-state index is 0.0111. The van der Waals surface area contributed by atoms with Crippen molar-refractivity contribution in [2.45, 2.75) is 4.90 Å². The second kappa shape index (κ2) is 7.47. The standard InChI is InChI=1S/C12H14Br2Cl2N2O2S/c13-1-2-17-3-5-18(6-4-17)21(19,20)12-10(15)7-9(14)8-11(12)16/h7-8H,1-6H2. The van der Waals surface area contributed by atoms with Gasteiger partial charge in [-0.15, -0.1) is 0 Å². The summed E-state index contributed by atoms with van der Waals surface area (Å²) in [6, 6.07) is 3.09. The molecule has 1 heterocycles. The molecule has 0 amide bonds. The van der Waals surface area contributed by atoms with Gasteiger partial charge in [0, 0.05) is 42.5 Å². The fourth-order valence-corrected chi connectivity index (χ4v) is 6.03. The van der Waals surface area contributed by atoms with Crippen molar-refractivity contribution in [3.05, 3.63) is 26.7 Å². The van der Waals surface area contributed by atoms with Crippen LogP contribution in [0, 0.1) is 0 Å². The largest absolute Gasteiger partial charge is 0.300 e. The van der Waals surface area contributed by atoms with Gasteiger partial charge in [0.25, 0.3) is 0 Å². The van der Waals surface area contributed by atoms with Crippen molar-refractivity contribution in [1.29, 1.82) is 0 Å². The topological polar surface area (TPSA) is 40.6 Å². The first-order chi connectivity index (χ1) is 9.86. The minimum atomic E-state index is -3.67. The van der Waals surface area contributed by atoms with E-state index in [2.05, 4.69) is 36.8 Å². The van der Waals surface area contributed by atoms with E-state index in [0.717, 1.165) is 11.9 Å². The maximum absolute atomic E-state index is 12.7. The molecule has 0 aliphatic carbocycles. The third-order valence-electron chi connectivity index (χ3n) is 3.29. The van der Waals surface area contributed by atoms with Crippen LogP contribution in [0.25, 0.3) is 0 Å². The Kier molecular flexibility index (Phi) is 6.39. The molecule has 1 aromatic carbocycles.